The van der Waals surface area contributed by atoms with Gasteiger partial charge in [0.1, 0.15) is 5.75 Å². The van der Waals surface area contributed by atoms with Crippen molar-refractivity contribution in [3.8, 4) is 5.75 Å². The van der Waals surface area contributed by atoms with Gasteiger partial charge < -0.3 is 15.2 Å². The molecule has 8 nitrogen and oxygen atoms in total. The number of hydrogen-bond donors (Lipinski definition) is 2. The Hall–Kier alpha value is -3.69. The Bertz CT molecular complexity index is 1160. The SMILES string of the molecule is Nc1ccc(C(=O)OC(=O)COc2ccc(CCNS(=O)(=O)c3ccccc3)cc2)cc1. The minimum Gasteiger partial charge on any atom is -0.482 e. The second-order valence-corrected chi connectivity index (χ2v) is 8.54. The third kappa shape index (κ3) is 6.66. The number of rotatable bonds is 9. The molecule has 0 aromatic heterocycles. The standard InChI is InChI=1S/C23H22N2O6S/c24-19-10-8-18(9-11-19)23(27)31-22(26)16-30-20-12-6-17(7-13-20)14-15-25-32(28,29)21-4-2-1-3-5-21/h1-13,25H,14-16,24H2. The fourth-order valence-electron chi connectivity index (χ4n) is 2.72. The third-order valence-electron chi connectivity index (χ3n) is 4.39. The van der Waals surface area contributed by atoms with Crippen molar-refractivity contribution < 1.29 is 27.5 Å². The number of ether oxygens (including phenoxy) is 2. The molecule has 0 saturated carbocycles. The number of benzene rings is 3. The van der Waals surface area contributed by atoms with Gasteiger partial charge in [-0.25, -0.2) is 22.7 Å². The van der Waals surface area contributed by atoms with Crippen molar-refractivity contribution in [3.63, 3.8) is 0 Å². The van der Waals surface area contributed by atoms with Gasteiger partial charge in [-0.3, -0.25) is 0 Å². The summed E-state index contributed by atoms with van der Waals surface area (Å²) in [6.45, 7) is -0.200. The molecule has 0 fully saturated rings. The average Bonchev–Trinajstić information content (AvgIpc) is 2.79. The monoisotopic (exact) mass is 454 g/mol. The van der Waals surface area contributed by atoms with Crippen LogP contribution in [0.3, 0.4) is 0 Å². The molecule has 3 rings (SSSR count). The van der Waals surface area contributed by atoms with Crippen LogP contribution in [0.2, 0.25) is 0 Å². The minimum absolute atomic E-state index is 0.208. The summed E-state index contributed by atoms with van der Waals surface area (Å²) in [5.41, 5.74) is 7.14. The summed E-state index contributed by atoms with van der Waals surface area (Å²) in [4.78, 5) is 23.9. The summed E-state index contributed by atoms with van der Waals surface area (Å²) < 4.78 is 37.0. The highest BCUT2D eigenvalue weighted by Gasteiger charge is 2.14. The normalized spacial score (nSPS) is 11.0. The smallest absolute Gasteiger partial charge is 0.352 e. The van der Waals surface area contributed by atoms with E-state index in [4.69, 9.17) is 15.2 Å². The van der Waals surface area contributed by atoms with E-state index in [9.17, 15) is 18.0 Å². The van der Waals surface area contributed by atoms with E-state index in [1.165, 1.54) is 36.4 Å². The van der Waals surface area contributed by atoms with E-state index in [1.807, 2.05) is 0 Å². The molecule has 0 aliphatic carbocycles. The predicted molar refractivity (Wildman–Crippen MR) is 119 cm³/mol. The van der Waals surface area contributed by atoms with Crippen LogP contribution in [0, 0.1) is 0 Å². The molecule has 3 aromatic rings. The van der Waals surface area contributed by atoms with Gasteiger partial charge in [0.05, 0.1) is 10.5 Å². The molecule has 32 heavy (non-hydrogen) atoms. The number of anilines is 1. The van der Waals surface area contributed by atoms with Gasteiger partial charge in [-0.15, -0.1) is 0 Å². The Morgan fingerprint density at radius 1 is 0.875 bits per heavy atom. The van der Waals surface area contributed by atoms with Crippen LogP contribution < -0.4 is 15.2 Å². The number of carbonyl (C=O) groups is 2. The van der Waals surface area contributed by atoms with Gasteiger partial charge in [0.25, 0.3) is 0 Å². The Labute approximate surface area is 186 Å². The largest absolute Gasteiger partial charge is 0.482 e. The van der Waals surface area contributed by atoms with Gasteiger partial charge in [-0.1, -0.05) is 30.3 Å². The van der Waals surface area contributed by atoms with E-state index < -0.39 is 28.6 Å². The van der Waals surface area contributed by atoms with E-state index in [0.29, 0.717) is 17.9 Å². The van der Waals surface area contributed by atoms with Crippen molar-refractivity contribution in [2.45, 2.75) is 11.3 Å². The van der Waals surface area contributed by atoms with Crippen LogP contribution in [0.15, 0.2) is 83.8 Å². The third-order valence-corrected chi connectivity index (χ3v) is 5.87. The molecular formula is C23H22N2O6S. The molecule has 0 aliphatic rings. The van der Waals surface area contributed by atoms with E-state index in [2.05, 4.69) is 4.72 Å². The van der Waals surface area contributed by atoms with Crippen molar-refractivity contribution in [2.24, 2.45) is 0 Å². The van der Waals surface area contributed by atoms with Crippen LogP contribution >= 0.6 is 0 Å². The molecule has 0 radical (unpaired) electrons. The van der Waals surface area contributed by atoms with Crippen LogP contribution in [-0.2, 0) is 26.0 Å². The topological polar surface area (TPSA) is 125 Å². The number of hydrogen-bond acceptors (Lipinski definition) is 7. The molecule has 0 amide bonds. The summed E-state index contributed by atoms with van der Waals surface area (Å²) in [5, 5.41) is 0. The maximum absolute atomic E-state index is 12.2. The summed E-state index contributed by atoms with van der Waals surface area (Å²) in [5.74, 6) is -1.20. The van der Waals surface area contributed by atoms with Gasteiger partial charge >= 0.3 is 11.9 Å². The zero-order valence-corrected chi connectivity index (χ0v) is 17.9. The van der Waals surface area contributed by atoms with Crippen molar-refractivity contribution in [1.82, 2.24) is 4.72 Å². The van der Waals surface area contributed by atoms with E-state index >= 15 is 0 Å². The van der Waals surface area contributed by atoms with Gasteiger partial charge in [-0.2, -0.15) is 0 Å². The number of nitrogen functional groups attached to an aromatic ring is 1. The van der Waals surface area contributed by atoms with Crippen LogP contribution in [0.25, 0.3) is 0 Å². The van der Waals surface area contributed by atoms with Crippen LogP contribution in [0.4, 0.5) is 5.69 Å². The fraction of sp³-hybridized carbons (Fsp3) is 0.130. The molecule has 0 unspecified atom stereocenters. The molecule has 9 heteroatoms. The van der Waals surface area contributed by atoms with E-state index in [0.717, 1.165) is 5.56 Å². The number of nitrogens with one attached hydrogen (secondary N) is 1. The molecule has 3 N–H and O–H groups in total. The zero-order chi connectivity index (χ0) is 23.0. The number of carbonyl (C=O) groups excluding carboxylic acids is 2. The van der Waals surface area contributed by atoms with Crippen LogP contribution in [0.5, 0.6) is 5.75 Å². The molecule has 0 saturated heterocycles. The molecule has 0 bridgehead atoms. The van der Waals surface area contributed by atoms with E-state index in [-0.39, 0.29) is 17.0 Å². The van der Waals surface area contributed by atoms with Crippen molar-refractivity contribution in [2.75, 3.05) is 18.9 Å². The van der Waals surface area contributed by atoms with Gasteiger partial charge in [0, 0.05) is 12.2 Å². The highest BCUT2D eigenvalue weighted by molar-refractivity contribution is 7.89. The quantitative estimate of drug-likeness (QED) is 0.289. The van der Waals surface area contributed by atoms with Gasteiger partial charge in [0.15, 0.2) is 6.61 Å². The molecular weight excluding hydrogens is 432 g/mol. The lowest BCUT2D eigenvalue weighted by Gasteiger charge is -2.08. The Balaban J connectivity index is 1.43. The molecule has 0 spiro atoms. The maximum Gasteiger partial charge on any atom is 0.352 e. The number of sulfonamides is 1. The van der Waals surface area contributed by atoms with Gasteiger partial charge in [-0.05, 0) is 60.5 Å². The summed E-state index contributed by atoms with van der Waals surface area (Å²) >= 11 is 0. The molecule has 3 aromatic carbocycles. The molecule has 0 atom stereocenters. The van der Waals surface area contributed by atoms with Gasteiger partial charge in [0.2, 0.25) is 10.0 Å². The lowest BCUT2D eigenvalue weighted by molar-refractivity contribution is -0.140. The minimum atomic E-state index is -3.55. The van der Waals surface area contributed by atoms with E-state index in [1.54, 1.807) is 42.5 Å². The number of nitrogens with two attached hydrogens (primary N) is 1. The first-order chi connectivity index (χ1) is 15.3. The predicted octanol–water partition coefficient (Wildman–Crippen LogP) is 2.55. The first kappa shape index (κ1) is 23.0. The van der Waals surface area contributed by atoms with Crippen LogP contribution in [0.1, 0.15) is 15.9 Å². The first-order valence-electron chi connectivity index (χ1n) is 9.70. The van der Waals surface area contributed by atoms with Crippen LogP contribution in [-0.4, -0.2) is 33.5 Å². The maximum atomic E-state index is 12.2. The summed E-state index contributed by atoms with van der Waals surface area (Å²) in [7, 11) is -3.55. The fourth-order valence-corrected chi connectivity index (χ4v) is 3.77. The highest BCUT2D eigenvalue weighted by Crippen LogP contribution is 2.14. The Morgan fingerprint density at radius 3 is 2.19 bits per heavy atom. The Morgan fingerprint density at radius 2 is 1.53 bits per heavy atom. The average molecular weight is 455 g/mol. The Kier molecular flexibility index (Phi) is 7.58. The second-order valence-electron chi connectivity index (χ2n) is 6.78. The van der Waals surface area contributed by atoms with Crippen molar-refractivity contribution in [3.05, 3.63) is 90.0 Å². The van der Waals surface area contributed by atoms with Crippen molar-refractivity contribution in [1.29, 1.82) is 0 Å². The highest BCUT2D eigenvalue weighted by atomic mass is 32.2. The first-order valence-corrected chi connectivity index (χ1v) is 11.2. The lowest BCUT2D eigenvalue weighted by Crippen LogP contribution is -2.25. The molecule has 0 heterocycles. The molecule has 166 valence electrons. The van der Waals surface area contributed by atoms with Crippen molar-refractivity contribution >= 4 is 27.6 Å². The summed E-state index contributed by atoms with van der Waals surface area (Å²) in [6, 6.07) is 21.0. The second kappa shape index (κ2) is 10.6. The molecule has 0 aliphatic heterocycles. The zero-order valence-electron chi connectivity index (χ0n) is 17.1. The summed E-state index contributed by atoms with van der Waals surface area (Å²) in [6.07, 6.45) is 0.477. The lowest BCUT2D eigenvalue weighted by atomic mass is 10.1. The number of esters is 2.